The number of hydrogen-bond acceptors (Lipinski definition) is 4. The lowest BCUT2D eigenvalue weighted by atomic mass is 9.97. The monoisotopic (exact) mass is 457 g/mol. The van der Waals surface area contributed by atoms with Gasteiger partial charge in [0.1, 0.15) is 5.69 Å². The van der Waals surface area contributed by atoms with Crippen molar-refractivity contribution in [3.8, 4) is 11.5 Å². The number of hydrogen-bond donors (Lipinski definition) is 1. The van der Waals surface area contributed by atoms with Gasteiger partial charge in [-0.25, -0.2) is 9.97 Å². The van der Waals surface area contributed by atoms with Crippen LogP contribution >= 0.6 is 16.1 Å². The van der Waals surface area contributed by atoms with E-state index >= 15 is 0 Å². The number of para-hydroxylation sites is 1. The van der Waals surface area contributed by atoms with Crippen LogP contribution in [0.15, 0.2) is 36.5 Å². The zero-order valence-electron chi connectivity index (χ0n) is 16.7. The number of pyridine rings is 1. The molecule has 0 fully saturated rings. The molecular weight excluding hydrogens is 434 g/mol. The zero-order chi connectivity index (χ0) is 20.1. The van der Waals surface area contributed by atoms with Crippen LogP contribution < -0.4 is 0 Å². The number of rotatable bonds is 4. The van der Waals surface area contributed by atoms with Gasteiger partial charge in [-0.3, -0.25) is 0 Å². The van der Waals surface area contributed by atoms with Crippen molar-refractivity contribution in [2.45, 2.75) is 45.3 Å². The van der Waals surface area contributed by atoms with Crippen molar-refractivity contribution in [1.29, 1.82) is 0 Å². The molecule has 0 amide bonds. The molecule has 4 aromatic rings. The van der Waals surface area contributed by atoms with Crippen molar-refractivity contribution >= 4 is 48.0 Å². The van der Waals surface area contributed by atoms with Crippen LogP contribution in [0, 0.1) is 0 Å². The molecule has 1 aromatic carbocycles. The number of nitrogens with zero attached hydrogens (tertiary/aromatic N) is 4. The van der Waals surface area contributed by atoms with E-state index in [1.165, 1.54) is 0 Å². The van der Waals surface area contributed by atoms with E-state index in [1.807, 2.05) is 24.3 Å². The second-order valence-electron chi connectivity index (χ2n) is 8.73. The number of halogens is 1. The predicted octanol–water partition coefficient (Wildman–Crippen LogP) is 4.69. The Kier molecular flexibility index (Phi) is 4.68. The number of imidazole rings is 1. The minimum absolute atomic E-state index is 0.233. The third-order valence-electron chi connectivity index (χ3n) is 4.66. The number of aromatic nitrogens is 5. The Hall–Kier alpha value is -2.03. The largest absolute Gasteiger partial charge is 0.414 e. The SMILES string of the molecule is CC(C)(C)[SiH2]OC(C)(C)c1cccc2[nH]c(-c3nn(Br)c4ncccc34)nc12. The summed E-state index contributed by atoms with van der Waals surface area (Å²) in [4.78, 5) is 12.7. The maximum atomic E-state index is 6.43. The number of benzene rings is 1. The zero-order valence-corrected chi connectivity index (χ0v) is 19.7. The van der Waals surface area contributed by atoms with Gasteiger partial charge in [-0.15, -0.1) is 0 Å². The van der Waals surface area contributed by atoms with Gasteiger partial charge in [0, 0.05) is 11.8 Å². The van der Waals surface area contributed by atoms with Crippen LogP contribution in [0.2, 0.25) is 5.04 Å². The lowest BCUT2D eigenvalue weighted by Crippen LogP contribution is -2.27. The molecule has 0 radical (unpaired) electrons. The Morgan fingerprint density at radius 2 is 1.89 bits per heavy atom. The average molecular weight is 458 g/mol. The first kappa shape index (κ1) is 19.3. The van der Waals surface area contributed by atoms with Crippen LogP contribution in [0.4, 0.5) is 0 Å². The first-order chi connectivity index (χ1) is 13.2. The van der Waals surface area contributed by atoms with Gasteiger partial charge in [-0.1, -0.05) is 32.9 Å². The van der Waals surface area contributed by atoms with Gasteiger partial charge >= 0.3 is 0 Å². The average Bonchev–Trinajstić information content (AvgIpc) is 3.21. The first-order valence-corrected chi connectivity index (χ1v) is 11.3. The summed E-state index contributed by atoms with van der Waals surface area (Å²) in [7, 11) is -0.701. The summed E-state index contributed by atoms with van der Waals surface area (Å²) >= 11 is 3.43. The minimum atomic E-state index is -0.701. The van der Waals surface area contributed by atoms with Crippen LogP contribution in [0.25, 0.3) is 33.6 Å². The maximum Gasteiger partial charge on any atom is 0.170 e. The predicted molar refractivity (Wildman–Crippen MR) is 119 cm³/mol. The molecule has 6 nitrogen and oxygen atoms in total. The second kappa shape index (κ2) is 6.79. The van der Waals surface area contributed by atoms with Crippen LogP contribution in [0.1, 0.15) is 40.2 Å². The molecule has 0 saturated heterocycles. The standard InChI is InChI=1S/C20H24BrN5OSi/c1-19(2,3)28-27-20(4,5)13-9-6-10-14-16(13)24-17(23-14)15-12-8-7-11-22-18(12)26(21)25-15/h6-11H,28H2,1-5H3,(H,23,24). The fraction of sp³-hybridized carbons (Fsp3) is 0.350. The van der Waals surface area contributed by atoms with Crippen LogP contribution in [-0.4, -0.2) is 33.5 Å². The lowest BCUT2D eigenvalue weighted by Gasteiger charge is -2.30. The molecule has 8 heteroatoms. The molecule has 146 valence electrons. The highest BCUT2D eigenvalue weighted by Crippen LogP contribution is 2.35. The van der Waals surface area contributed by atoms with E-state index in [0.717, 1.165) is 39.1 Å². The molecule has 3 aromatic heterocycles. The van der Waals surface area contributed by atoms with Gasteiger partial charge in [0.15, 0.2) is 21.2 Å². The Morgan fingerprint density at radius 3 is 2.64 bits per heavy atom. The van der Waals surface area contributed by atoms with Crippen LogP contribution in [0.5, 0.6) is 0 Å². The van der Waals surface area contributed by atoms with Gasteiger partial charge in [0.05, 0.1) is 38.2 Å². The third kappa shape index (κ3) is 3.52. The summed E-state index contributed by atoms with van der Waals surface area (Å²) in [5.41, 5.74) is 4.12. The molecular formula is C20H24BrN5OSi. The number of fused-ring (bicyclic) bond motifs is 2. The van der Waals surface area contributed by atoms with E-state index in [-0.39, 0.29) is 5.04 Å². The highest BCUT2D eigenvalue weighted by molar-refractivity contribution is 9.08. The molecule has 28 heavy (non-hydrogen) atoms. The molecule has 4 rings (SSSR count). The van der Waals surface area contributed by atoms with Gasteiger partial charge in [-0.05, 0) is 37.1 Å². The first-order valence-electron chi connectivity index (χ1n) is 9.29. The van der Waals surface area contributed by atoms with Crippen molar-refractivity contribution in [3.05, 3.63) is 42.1 Å². The fourth-order valence-corrected chi connectivity index (χ4v) is 4.59. The van der Waals surface area contributed by atoms with Crippen molar-refractivity contribution in [3.63, 3.8) is 0 Å². The Morgan fingerprint density at radius 1 is 1.11 bits per heavy atom. The van der Waals surface area contributed by atoms with E-state index in [2.05, 4.69) is 71.9 Å². The van der Waals surface area contributed by atoms with E-state index in [9.17, 15) is 0 Å². The summed E-state index contributed by atoms with van der Waals surface area (Å²) < 4.78 is 8.03. The molecule has 0 spiro atoms. The molecule has 0 unspecified atom stereocenters. The summed E-state index contributed by atoms with van der Waals surface area (Å²) in [6.45, 7) is 11.0. The number of nitrogens with one attached hydrogen (secondary N) is 1. The quantitative estimate of drug-likeness (QED) is 0.451. The molecule has 0 atom stereocenters. The van der Waals surface area contributed by atoms with Gasteiger partial charge in [0.25, 0.3) is 0 Å². The summed E-state index contributed by atoms with van der Waals surface area (Å²) in [6.07, 6.45) is 1.75. The number of aromatic amines is 1. The topological polar surface area (TPSA) is 68.6 Å². The lowest BCUT2D eigenvalue weighted by molar-refractivity contribution is 0.111. The molecule has 0 bridgehead atoms. The Balaban J connectivity index is 1.81. The second-order valence-corrected chi connectivity index (χ2v) is 12.1. The maximum absolute atomic E-state index is 6.43. The molecule has 1 N–H and O–H groups in total. The summed E-state index contributed by atoms with van der Waals surface area (Å²) in [6, 6.07) is 10.1. The fourth-order valence-electron chi connectivity index (χ4n) is 3.20. The molecule has 0 aliphatic heterocycles. The van der Waals surface area contributed by atoms with E-state index in [4.69, 9.17) is 9.41 Å². The van der Waals surface area contributed by atoms with E-state index in [1.54, 1.807) is 9.90 Å². The Labute approximate surface area is 175 Å². The van der Waals surface area contributed by atoms with Crippen LogP contribution in [0.3, 0.4) is 0 Å². The molecule has 0 saturated carbocycles. The van der Waals surface area contributed by atoms with Gasteiger partial charge in [-0.2, -0.15) is 8.81 Å². The van der Waals surface area contributed by atoms with Crippen molar-refractivity contribution in [2.75, 3.05) is 0 Å². The normalized spacial score (nSPS) is 13.4. The Bertz CT molecular complexity index is 1160. The van der Waals surface area contributed by atoms with Crippen molar-refractivity contribution in [1.82, 2.24) is 23.8 Å². The summed E-state index contributed by atoms with van der Waals surface area (Å²) in [5, 5.41) is 5.74. The van der Waals surface area contributed by atoms with Gasteiger partial charge < -0.3 is 9.41 Å². The highest BCUT2D eigenvalue weighted by atomic mass is 79.9. The van der Waals surface area contributed by atoms with Crippen molar-refractivity contribution in [2.24, 2.45) is 0 Å². The van der Waals surface area contributed by atoms with E-state index in [0.29, 0.717) is 0 Å². The van der Waals surface area contributed by atoms with E-state index < -0.39 is 15.4 Å². The smallest absolute Gasteiger partial charge is 0.170 e. The number of H-pyrrole nitrogens is 1. The molecule has 3 heterocycles. The molecule has 0 aliphatic rings. The van der Waals surface area contributed by atoms with Crippen LogP contribution in [-0.2, 0) is 10.0 Å². The minimum Gasteiger partial charge on any atom is -0.414 e. The van der Waals surface area contributed by atoms with Crippen molar-refractivity contribution < 1.29 is 4.43 Å². The third-order valence-corrected chi connectivity index (χ3v) is 6.88. The summed E-state index contributed by atoms with van der Waals surface area (Å²) in [5.74, 6) is 0.725. The molecule has 0 aliphatic carbocycles. The highest BCUT2D eigenvalue weighted by Gasteiger charge is 2.28. The van der Waals surface area contributed by atoms with Gasteiger partial charge in [0.2, 0.25) is 0 Å².